The normalized spacial score (nSPS) is 9.71. The molecule has 1 aromatic carbocycles. The van der Waals surface area contributed by atoms with Crippen LogP contribution in [0.2, 0.25) is 0 Å². The molecule has 0 unspecified atom stereocenters. The maximum Gasteiger partial charge on any atom is 0.310 e. The van der Waals surface area contributed by atoms with Gasteiger partial charge in [-0.05, 0) is 11.6 Å². The van der Waals surface area contributed by atoms with Crippen LogP contribution in [0.1, 0.15) is 12.0 Å². The SMILES string of the molecule is COC(=O)CCOC(=O)Cc1ccccc1N. The van der Waals surface area contributed by atoms with Crippen molar-refractivity contribution < 1.29 is 19.1 Å². The van der Waals surface area contributed by atoms with Crippen LogP contribution in [0.15, 0.2) is 24.3 Å². The molecule has 0 saturated heterocycles. The van der Waals surface area contributed by atoms with E-state index in [9.17, 15) is 9.59 Å². The molecule has 5 nitrogen and oxygen atoms in total. The molecule has 0 saturated carbocycles. The molecule has 92 valence electrons. The van der Waals surface area contributed by atoms with Crippen molar-refractivity contribution in [3.8, 4) is 0 Å². The summed E-state index contributed by atoms with van der Waals surface area (Å²) >= 11 is 0. The van der Waals surface area contributed by atoms with Gasteiger partial charge >= 0.3 is 11.9 Å². The van der Waals surface area contributed by atoms with Gasteiger partial charge < -0.3 is 15.2 Å². The van der Waals surface area contributed by atoms with Crippen LogP contribution in [-0.2, 0) is 25.5 Å². The molecule has 1 rings (SSSR count). The van der Waals surface area contributed by atoms with Crippen LogP contribution >= 0.6 is 0 Å². The first-order valence-corrected chi connectivity index (χ1v) is 5.19. The number of para-hydroxylation sites is 1. The van der Waals surface area contributed by atoms with Crippen molar-refractivity contribution in [2.24, 2.45) is 0 Å². The van der Waals surface area contributed by atoms with E-state index in [0.29, 0.717) is 5.69 Å². The number of nitrogens with two attached hydrogens (primary N) is 1. The monoisotopic (exact) mass is 237 g/mol. The third kappa shape index (κ3) is 4.55. The quantitative estimate of drug-likeness (QED) is 0.608. The molecular weight excluding hydrogens is 222 g/mol. The van der Waals surface area contributed by atoms with Crippen molar-refractivity contribution in [3.63, 3.8) is 0 Å². The fourth-order valence-corrected chi connectivity index (χ4v) is 1.25. The lowest BCUT2D eigenvalue weighted by Crippen LogP contribution is -2.13. The van der Waals surface area contributed by atoms with Gasteiger partial charge in [-0.1, -0.05) is 18.2 Å². The van der Waals surface area contributed by atoms with Gasteiger partial charge in [-0.15, -0.1) is 0 Å². The van der Waals surface area contributed by atoms with Gasteiger partial charge in [-0.25, -0.2) is 0 Å². The van der Waals surface area contributed by atoms with Gasteiger partial charge in [0, 0.05) is 5.69 Å². The van der Waals surface area contributed by atoms with E-state index in [2.05, 4.69) is 4.74 Å². The molecular formula is C12H15NO4. The number of rotatable bonds is 5. The van der Waals surface area contributed by atoms with Gasteiger partial charge in [-0.3, -0.25) is 9.59 Å². The number of nitrogen functional groups attached to an aromatic ring is 1. The van der Waals surface area contributed by atoms with Crippen molar-refractivity contribution in [2.45, 2.75) is 12.8 Å². The molecule has 0 aliphatic carbocycles. The maximum absolute atomic E-state index is 11.4. The molecule has 2 N–H and O–H groups in total. The zero-order valence-corrected chi connectivity index (χ0v) is 9.64. The topological polar surface area (TPSA) is 78.6 Å². The van der Waals surface area contributed by atoms with E-state index >= 15 is 0 Å². The molecule has 17 heavy (non-hydrogen) atoms. The van der Waals surface area contributed by atoms with Crippen molar-refractivity contribution >= 4 is 17.6 Å². The molecule has 0 spiro atoms. The number of methoxy groups -OCH3 is 1. The van der Waals surface area contributed by atoms with E-state index in [1.807, 2.05) is 0 Å². The molecule has 1 aromatic rings. The fourth-order valence-electron chi connectivity index (χ4n) is 1.25. The van der Waals surface area contributed by atoms with Gasteiger partial charge in [-0.2, -0.15) is 0 Å². The van der Waals surface area contributed by atoms with Crippen LogP contribution in [-0.4, -0.2) is 25.7 Å². The number of carbonyl (C=O) groups is 2. The number of carbonyl (C=O) groups excluding carboxylic acids is 2. The predicted octanol–water partition coefficient (Wildman–Crippen LogP) is 0.918. The van der Waals surface area contributed by atoms with Crippen molar-refractivity contribution in [2.75, 3.05) is 19.5 Å². The summed E-state index contributed by atoms with van der Waals surface area (Å²) in [6, 6.07) is 7.07. The number of hydrogen-bond donors (Lipinski definition) is 1. The second-order valence-corrected chi connectivity index (χ2v) is 3.42. The summed E-state index contributed by atoms with van der Waals surface area (Å²) in [6.45, 7) is 0.0260. The van der Waals surface area contributed by atoms with E-state index in [0.717, 1.165) is 5.56 Å². The van der Waals surface area contributed by atoms with Crippen LogP contribution in [0, 0.1) is 0 Å². The highest BCUT2D eigenvalue weighted by molar-refractivity contribution is 5.75. The first-order chi connectivity index (χ1) is 8.13. The summed E-state index contributed by atoms with van der Waals surface area (Å²) in [5.74, 6) is -0.816. The van der Waals surface area contributed by atoms with Crippen LogP contribution in [0.4, 0.5) is 5.69 Å². The molecule has 0 aromatic heterocycles. The Labute approximate surface area is 99.5 Å². The number of benzene rings is 1. The Morgan fingerprint density at radius 3 is 2.59 bits per heavy atom. The maximum atomic E-state index is 11.4. The number of hydrogen-bond acceptors (Lipinski definition) is 5. The van der Waals surface area contributed by atoms with Crippen LogP contribution in [0.25, 0.3) is 0 Å². The number of anilines is 1. The summed E-state index contributed by atoms with van der Waals surface area (Å²) in [5, 5.41) is 0. The smallest absolute Gasteiger partial charge is 0.310 e. The average Bonchev–Trinajstić information content (AvgIpc) is 2.32. The van der Waals surface area contributed by atoms with E-state index in [1.54, 1.807) is 24.3 Å². The molecule has 0 aliphatic heterocycles. The third-order valence-electron chi connectivity index (χ3n) is 2.19. The first-order valence-electron chi connectivity index (χ1n) is 5.19. The molecule has 0 fully saturated rings. The first kappa shape index (κ1) is 13.0. The molecule has 0 radical (unpaired) electrons. The Morgan fingerprint density at radius 2 is 1.94 bits per heavy atom. The molecule has 0 bridgehead atoms. The zero-order chi connectivity index (χ0) is 12.7. The number of ether oxygens (including phenoxy) is 2. The van der Waals surface area contributed by atoms with Crippen LogP contribution in [0.3, 0.4) is 0 Å². The van der Waals surface area contributed by atoms with E-state index in [4.69, 9.17) is 10.5 Å². The van der Waals surface area contributed by atoms with Crippen molar-refractivity contribution in [1.82, 2.24) is 0 Å². The van der Waals surface area contributed by atoms with Gasteiger partial charge in [0.05, 0.1) is 20.0 Å². The van der Waals surface area contributed by atoms with Gasteiger partial charge in [0.15, 0.2) is 0 Å². The molecule has 0 atom stereocenters. The number of esters is 2. The zero-order valence-electron chi connectivity index (χ0n) is 9.64. The van der Waals surface area contributed by atoms with Gasteiger partial charge in [0.25, 0.3) is 0 Å². The Morgan fingerprint density at radius 1 is 1.24 bits per heavy atom. The average molecular weight is 237 g/mol. The molecule has 0 amide bonds. The Balaban J connectivity index is 2.35. The largest absolute Gasteiger partial charge is 0.469 e. The van der Waals surface area contributed by atoms with E-state index in [-0.39, 0.29) is 19.4 Å². The van der Waals surface area contributed by atoms with Crippen molar-refractivity contribution in [1.29, 1.82) is 0 Å². The van der Waals surface area contributed by atoms with Crippen LogP contribution < -0.4 is 5.73 Å². The van der Waals surface area contributed by atoms with E-state index < -0.39 is 11.9 Å². The summed E-state index contributed by atoms with van der Waals surface area (Å²) in [6.07, 6.45) is 0.167. The fraction of sp³-hybridized carbons (Fsp3) is 0.333. The lowest BCUT2D eigenvalue weighted by molar-refractivity contribution is -0.147. The summed E-state index contributed by atoms with van der Waals surface area (Å²) in [4.78, 5) is 22.2. The Kier molecular flexibility index (Phi) is 5.00. The summed E-state index contributed by atoms with van der Waals surface area (Å²) < 4.78 is 9.30. The highest BCUT2D eigenvalue weighted by atomic mass is 16.5. The second kappa shape index (κ2) is 6.52. The van der Waals surface area contributed by atoms with E-state index in [1.165, 1.54) is 7.11 Å². The standard InChI is InChI=1S/C12H15NO4/c1-16-11(14)6-7-17-12(15)8-9-4-2-3-5-10(9)13/h2-5H,6-8,13H2,1H3. The molecule has 0 heterocycles. The Bertz CT molecular complexity index is 403. The minimum atomic E-state index is -0.410. The van der Waals surface area contributed by atoms with Crippen LogP contribution in [0.5, 0.6) is 0 Å². The second-order valence-electron chi connectivity index (χ2n) is 3.42. The lowest BCUT2D eigenvalue weighted by atomic mass is 10.1. The minimum absolute atomic E-state index is 0.0260. The predicted molar refractivity (Wildman–Crippen MR) is 62.2 cm³/mol. The lowest BCUT2D eigenvalue weighted by Gasteiger charge is -2.06. The molecule has 0 aliphatic rings. The minimum Gasteiger partial charge on any atom is -0.469 e. The third-order valence-corrected chi connectivity index (χ3v) is 2.19. The van der Waals surface area contributed by atoms with Gasteiger partial charge in [0.2, 0.25) is 0 Å². The Hall–Kier alpha value is -2.04. The highest BCUT2D eigenvalue weighted by Gasteiger charge is 2.08. The van der Waals surface area contributed by atoms with Crippen molar-refractivity contribution in [3.05, 3.63) is 29.8 Å². The molecule has 5 heteroatoms. The summed E-state index contributed by atoms with van der Waals surface area (Å²) in [5.41, 5.74) is 6.96. The summed E-state index contributed by atoms with van der Waals surface area (Å²) in [7, 11) is 1.29. The highest BCUT2D eigenvalue weighted by Crippen LogP contribution is 2.11. The van der Waals surface area contributed by atoms with Gasteiger partial charge in [0.1, 0.15) is 6.61 Å².